The van der Waals surface area contributed by atoms with Gasteiger partial charge in [-0.25, -0.2) is 0 Å². The van der Waals surface area contributed by atoms with Gasteiger partial charge in [-0.15, -0.1) is 11.3 Å². The first kappa shape index (κ1) is 15.2. The van der Waals surface area contributed by atoms with E-state index in [4.69, 9.17) is 10.5 Å². The Morgan fingerprint density at radius 1 is 1.50 bits per heavy atom. The van der Waals surface area contributed by atoms with E-state index < -0.39 is 11.0 Å². The quantitative estimate of drug-likeness (QED) is 0.836. The Kier molecular flexibility index (Phi) is 4.56. The molecule has 1 heterocycles. The number of thiophene rings is 1. The highest BCUT2D eigenvalue weighted by Gasteiger charge is 2.49. The fourth-order valence-corrected chi connectivity index (χ4v) is 3.94. The second kappa shape index (κ2) is 5.41. The molecule has 0 fully saturated rings. The van der Waals surface area contributed by atoms with Gasteiger partial charge in [0.1, 0.15) is 0 Å². The maximum absolute atomic E-state index is 11.8. The van der Waals surface area contributed by atoms with Crippen LogP contribution in [-0.2, 0) is 14.9 Å². The van der Waals surface area contributed by atoms with Gasteiger partial charge in [0.15, 0.2) is 0 Å². The fourth-order valence-electron chi connectivity index (χ4n) is 2.70. The van der Waals surface area contributed by atoms with Crippen LogP contribution in [0.1, 0.15) is 39.0 Å². The van der Waals surface area contributed by atoms with Gasteiger partial charge in [0.25, 0.3) is 0 Å². The Balaban J connectivity index is 3.33. The van der Waals surface area contributed by atoms with Gasteiger partial charge >= 0.3 is 5.97 Å². The standard InChI is InChI=1S/C14H23NO2S/c1-10(2)14(13(3,4)15,9-12(16)17-5)11-7-6-8-18-11/h6-8,10H,9,15H2,1-5H3. The van der Waals surface area contributed by atoms with Crippen LogP contribution in [0.25, 0.3) is 0 Å². The molecule has 1 aromatic heterocycles. The van der Waals surface area contributed by atoms with E-state index in [2.05, 4.69) is 19.9 Å². The van der Waals surface area contributed by atoms with Gasteiger partial charge in [-0.05, 0) is 31.2 Å². The Morgan fingerprint density at radius 3 is 2.44 bits per heavy atom. The molecule has 0 bridgehead atoms. The molecular weight excluding hydrogens is 246 g/mol. The molecule has 0 radical (unpaired) electrons. The van der Waals surface area contributed by atoms with Crippen molar-refractivity contribution in [2.45, 2.75) is 45.1 Å². The molecule has 0 aliphatic rings. The maximum Gasteiger partial charge on any atom is 0.306 e. The summed E-state index contributed by atoms with van der Waals surface area (Å²) in [5.74, 6) is 0.0332. The van der Waals surface area contributed by atoms with Gasteiger partial charge in [0.2, 0.25) is 0 Å². The van der Waals surface area contributed by atoms with Gasteiger partial charge in [-0.3, -0.25) is 4.79 Å². The summed E-state index contributed by atoms with van der Waals surface area (Å²) in [5.41, 5.74) is 5.51. The number of carbonyl (C=O) groups excluding carboxylic acids is 1. The van der Waals surface area contributed by atoms with Crippen LogP contribution in [0, 0.1) is 5.92 Å². The number of rotatable bonds is 5. The van der Waals surface area contributed by atoms with E-state index in [1.54, 1.807) is 11.3 Å². The normalized spacial score (nSPS) is 15.5. The molecule has 1 rings (SSSR count). The second-order valence-electron chi connectivity index (χ2n) is 5.58. The Hall–Kier alpha value is -0.870. The summed E-state index contributed by atoms with van der Waals surface area (Å²) >= 11 is 1.65. The van der Waals surface area contributed by atoms with Crippen molar-refractivity contribution in [3.05, 3.63) is 22.4 Å². The van der Waals surface area contributed by atoms with E-state index in [0.29, 0.717) is 6.42 Å². The minimum Gasteiger partial charge on any atom is -0.469 e. The number of hydrogen-bond donors (Lipinski definition) is 1. The van der Waals surface area contributed by atoms with Crippen LogP contribution in [-0.4, -0.2) is 18.6 Å². The van der Waals surface area contributed by atoms with Crippen molar-refractivity contribution in [3.8, 4) is 0 Å². The molecule has 1 atom stereocenters. The van der Waals surface area contributed by atoms with Crippen molar-refractivity contribution < 1.29 is 9.53 Å². The van der Waals surface area contributed by atoms with E-state index in [1.165, 1.54) is 7.11 Å². The van der Waals surface area contributed by atoms with E-state index in [0.717, 1.165) is 4.88 Å². The molecule has 3 nitrogen and oxygen atoms in total. The van der Waals surface area contributed by atoms with Crippen molar-refractivity contribution >= 4 is 17.3 Å². The number of ether oxygens (including phenoxy) is 1. The van der Waals surface area contributed by atoms with E-state index >= 15 is 0 Å². The minimum absolute atomic E-state index is 0.212. The van der Waals surface area contributed by atoms with Crippen molar-refractivity contribution in [2.75, 3.05) is 7.11 Å². The fraction of sp³-hybridized carbons (Fsp3) is 0.643. The van der Waals surface area contributed by atoms with Crippen molar-refractivity contribution in [3.63, 3.8) is 0 Å². The van der Waals surface area contributed by atoms with Crippen molar-refractivity contribution in [1.29, 1.82) is 0 Å². The zero-order valence-corrected chi connectivity index (χ0v) is 12.6. The number of esters is 1. The molecular formula is C14H23NO2S. The summed E-state index contributed by atoms with van der Waals surface area (Å²) in [6.45, 7) is 8.18. The van der Waals surface area contributed by atoms with Gasteiger partial charge in [0, 0.05) is 15.8 Å². The maximum atomic E-state index is 11.8. The molecule has 0 aliphatic heterocycles. The second-order valence-corrected chi connectivity index (χ2v) is 6.53. The first-order valence-electron chi connectivity index (χ1n) is 6.15. The summed E-state index contributed by atoms with van der Waals surface area (Å²) in [6.07, 6.45) is 0.311. The van der Waals surface area contributed by atoms with Crippen LogP contribution in [0.4, 0.5) is 0 Å². The molecule has 2 N–H and O–H groups in total. The topological polar surface area (TPSA) is 52.3 Å². The number of methoxy groups -OCH3 is 1. The number of hydrogen-bond acceptors (Lipinski definition) is 4. The Labute approximate surface area is 113 Å². The molecule has 0 aromatic carbocycles. The minimum atomic E-state index is -0.500. The van der Waals surface area contributed by atoms with Crippen LogP contribution in [0.3, 0.4) is 0 Å². The van der Waals surface area contributed by atoms with Crippen LogP contribution < -0.4 is 5.73 Å². The highest BCUT2D eigenvalue weighted by molar-refractivity contribution is 7.10. The van der Waals surface area contributed by atoms with Crippen LogP contribution in [0.15, 0.2) is 17.5 Å². The Morgan fingerprint density at radius 2 is 2.11 bits per heavy atom. The third kappa shape index (κ3) is 2.59. The van der Waals surface area contributed by atoms with Crippen LogP contribution in [0.2, 0.25) is 0 Å². The van der Waals surface area contributed by atoms with Gasteiger partial charge in [-0.2, -0.15) is 0 Å². The molecule has 0 aliphatic carbocycles. The SMILES string of the molecule is COC(=O)CC(c1cccs1)(C(C)C)C(C)(C)N. The third-order valence-corrected chi connectivity index (χ3v) is 4.79. The van der Waals surface area contributed by atoms with E-state index in [1.807, 2.05) is 25.3 Å². The number of carbonyl (C=O) groups is 1. The highest BCUT2D eigenvalue weighted by atomic mass is 32.1. The molecule has 0 spiro atoms. The van der Waals surface area contributed by atoms with Crippen molar-refractivity contribution in [1.82, 2.24) is 0 Å². The third-order valence-electron chi connectivity index (χ3n) is 3.75. The molecule has 4 heteroatoms. The lowest BCUT2D eigenvalue weighted by molar-refractivity contribution is -0.143. The van der Waals surface area contributed by atoms with Crippen LogP contribution in [0.5, 0.6) is 0 Å². The zero-order valence-electron chi connectivity index (χ0n) is 11.8. The highest BCUT2D eigenvalue weighted by Crippen LogP contribution is 2.45. The van der Waals surface area contributed by atoms with Crippen molar-refractivity contribution in [2.24, 2.45) is 11.7 Å². The first-order valence-corrected chi connectivity index (χ1v) is 7.03. The molecule has 0 amide bonds. The summed E-state index contributed by atoms with van der Waals surface area (Å²) in [7, 11) is 1.42. The Bertz CT molecular complexity index is 392. The number of nitrogens with two attached hydrogens (primary N) is 1. The first-order chi connectivity index (χ1) is 8.25. The molecule has 18 heavy (non-hydrogen) atoms. The molecule has 1 unspecified atom stereocenters. The van der Waals surface area contributed by atoms with Gasteiger partial charge in [-0.1, -0.05) is 19.9 Å². The molecule has 1 aromatic rings. The molecule has 0 saturated heterocycles. The van der Waals surface area contributed by atoms with E-state index in [9.17, 15) is 4.79 Å². The lowest BCUT2D eigenvalue weighted by Gasteiger charge is -2.46. The summed E-state index contributed by atoms with van der Waals surface area (Å²) < 4.78 is 4.86. The summed E-state index contributed by atoms with van der Waals surface area (Å²) in [6, 6.07) is 4.06. The summed E-state index contributed by atoms with van der Waals surface area (Å²) in [5, 5.41) is 2.02. The zero-order chi connectivity index (χ0) is 14.0. The predicted octanol–water partition coefficient (Wildman–Crippen LogP) is 2.94. The largest absolute Gasteiger partial charge is 0.469 e. The lowest BCUT2D eigenvalue weighted by Crippen LogP contribution is -2.57. The molecule has 0 saturated carbocycles. The van der Waals surface area contributed by atoms with Crippen LogP contribution >= 0.6 is 11.3 Å². The smallest absolute Gasteiger partial charge is 0.306 e. The van der Waals surface area contributed by atoms with Gasteiger partial charge in [0.05, 0.1) is 13.5 Å². The predicted molar refractivity (Wildman–Crippen MR) is 75.7 cm³/mol. The van der Waals surface area contributed by atoms with E-state index in [-0.39, 0.29) is 11.9 Å². The monoisotopic (exact) mass is 269 g/mol. The van der Waals surface area contributed by atoms with Gasteiger partial charge < -0.3 is 10.5 Å². The average Bonchev–Trinajstić information content (AvgIpc) is 2.76. The molecule has 102 valence electrons. The summed E-state index contributed by atoms with van der Waals surface area (Å²) in [4.78, 5) is 12.9. The lowest BCUT2D eigenvalue weighted by atomic mass is 9.62. The average molecular weight is 269 g/mol.